The lowest BCUT2D eigenvalue weighted by Crippen LogP contribution is -2.03. The smallest absolute Gasteiger partial charge is 0.142 e. The maximum absolute atomic E-state index is 5.33. The number of aryl methyl sites for hydroxylation is 1. The van der Waals surface area contributed by atoms with Crippen molar-refractivity contribution >= 4 is 5.69 Å². The zero-order valence-corrected chi connectivity index (χ0v) is 11.4. The van der Waals surface area contributed by atoms with Crippen molar-refractivity contribution in [3.8, 4) is 11.5 Å². The first-order valence-corrected chi connectivity index (χ1v) is 6.10. The van der Waals surface area contributed by atoms with Crippen molar-refractivity contribution in [3.05, 3.63) is 47.8 Å². The Kier molecular flexibility index (Phi) is 4.23. The maximum atomic E-state index is 5.33. The first-order chi connectivity index (χ1) is 9.24. The van der Waals surface area contributed by atoms with Crippen LogP contribution in [0.1, 0.15) is 11.1 Å². The van der Waals surface area contributed by atoms with Crippen molar-refractivity contribution in [2.24, 2.45) is 0 Å². The van der Waals surface area contributed by atoms with Gasteiger partial charge in [-0.1, -0.05) is 0 Å². The van der Waals surface area contributed by atoms with Gasteiger partial charge in [-0.3, -0.25) is 4.98 Å². The SMILES string of the molecule is COc1ccc(OC)c(NCc2cnccc2C)c1. The average Bonchev–Trinajstić information content (AvgIpc) is 2.46. The van der Waals surface area contributed by atoms with Crippen LogP contribution in [0.4, 0.5) is 5.69 Å². The summed E-state index contributed by atoms with van der Waals surface area (Å²) in [6.45, 7) is 2.77. The molecule has 2 aromatic rings. The molecule has 0 spiro atoms. The molecule has 0 unspecified atom stereocenters. The molecule has 100 valence electrons. The van der Waals surface area contributed by atoms with Crippen molar-refractivity contribution < 1.29 is 9.47 Å². The Bertz CT molecular complexity index is 556. The van der Waals surface area contributed by atoms with Crippen molar-refractivity contribution in [1.82, 2.24) is 4.98 Å². The molecule has 0 amide bonds. The molecule has 4 heteroatoms. The Hall–Kier alpha value is -2.23. The standard InChI is InChI=1S/C15H18N2O2/c1-11-6-7-16-9-12(11)10-17-14-8-13(18-2)4-5-15(14)19-3/h4-9,17H,10H2,1-3H3. The minimum absolute atomic E-state index is 0.698. The van der Waals surface area contributed by atoms with E-state index in [0.717, 1.165) is 22.7 Å². The summed E-state index contributed by atoms with van der Waals surface area (Å²) in [6.07, 6.45) is 3.67. The topological polar surface area (TPSA) is 43.4 Å². The second kappa shape index (κ2) is 6.09. The predicted octanol–water partition coefficient (Wildman–Crippen LogP) is 3.02. The van der Waals surface area contributed by atoms with Gasteiger partial charge in [-0.25, -0.2) is 0 Å². The molecule has 19 heavy (non-hydrogen) atoms. The molecule has 1 aromatic heterocycles. The van der Waals surface area contributed by atoms with E-state index < -0.39 is 0 Å². The van der Waals surface area contributed by atoms with Crippen LogP contribution in [0.25, 0.3) is 0 Å². The fraction of sp³-hybridized carbons (Fsp3) is 0.267. The highest BCUT2D eigenvalue weighted by molar-refractivity contribution is 5.60. The van der Waals surface area contributed by atoms with E-state index in [-0.39, 0.29) is 0 Å². The minimum Gasteiger partial charge on any atom is -0.497 e. The Morgan fingerprint density at radius 2 is 2.00 bits per heavy atom. The van der Waals surface area contributed by atoms with E-state index in [4.69, 9.17) is 9.47 Å². The zero-order valence-electron chi connectivity index (χ0n) is 11.4. The van der Waals surface area contributed by atoms with Crippen LogP contribution >= 0.6 is 0 Å². The molecule has 0 atom stereocenters. The number of hydrogen-bond donors (Lipinski definition) is 1. The Labute approximate surface area is 113 Å². The van der Waals surface area contributed by atoms with Crippen molar-refractivity contribution in [2.75, 3.05) is 19.5 Å². The first kappa shape index (κ1) is 13.2. The van der Waals surface area contributed by atoms with Gasteiger partial charge >= 0.3 is 0 Å². The summed E-state index contributed by atoms with van der Waals surface area (Å²) >= 11 is 0. The normalized spacial score (nSPS) is 10.1. The summed E-state index contributed by atoms with van der Waals surface area (Å²) in [5.74, 6) is 1.59. The lowest BCUT2D eigenvalue weighted by molar-refractivity contribution is 0.404. The summed E-state index contributed by atoms with van der Waals surface area (Å²) in [5.41, 5.74) is 3.28. The highest BCUT2D eigenvalue weighted by atomic mass is 16.5. The predicted molar refractivity (Wildman–Crippen MR) is 75.8 cm³/mol. The third kappa shape index (κ3) is 3.16. The van der Waals surface area contributed by atoms with Crippen molar-refractivity contribution in [2.45, 2.75) is 13.5 Å². The molecule has 0 bridgehead atoms. The summed E-state index contributed by atoms with van der Waals surface area (Å²) in [5, 5.41) is 3.35. The second-order valence-corrected chi connectivity index (χ2v) is 4.22. The van der Waals surface area contributed by atoms with E-state index in [1.165, 1.54) is 5.56 Å². The largest absolute Gasteiger partial charge is 0.497 e. The quantitative estimate of drug-likeness (QED) is 0.895. The Morgan fingerprint density at radius 3 is 2.68 bits per heavy atom. The van der Waals surface area contributed by atoms with Crippen LogP contribution in [-0.2, 0) is 6.54 Å². The fourth-order valence-electron chi connectivity index (χ4n) is 1.82. The van der Waals surface area contributed by atoms with Gasteiger partial charge in [-0.15, -0.1) is 0 Å². The number of hydrogen-bond acceptors (Lipinski definition) is 4. The molecule has 4 nitrogen and oxygen atoms in total. The molecule has 0 aliphatic rings. The monoisotopic (exact) mass is 258 g/mol. The Balaban J connectivity index is 2.16. The number of rotatable bonds is 5. The van der Waals surface area contributed by atoms with Crippen molar-refractivity contribution in [1.29, 1.82) is 0 Å². The Morgan fingerprint density at radius 1 is 1.16 bits per heavy atom. The molecule has 0 aliphatic heterocycles. The first-order valence-electron chi connectivity index (χ1n) is 6.10. The van der Waals surface area contributed by atoms with E-state index in [1.54, 1.807) is 20.4 Å². The van der Waals surface area contributed by atoms with Gasteiger partial charge in [-0.05, 0) is 36.2 Å². The van der Waals surface area contributed by atoms with Gasteiger partial charge in [0.15, 0.2) is 0 Å². The summed E-state index contributed by atoms with van der Waals surface area (Å²) in [4.78, 5) is 4.14. The van der Waals surface area contributed by atoms with E-state index in [2.05, 4.69) is 17.2 Å². The lowest BCUT2D eigenvalue weighted by atomic mass is 10.1. The van der Waals surface area contributed by atoms with E-state index in [0.29, 0.717) is 6.54 Å². The van der Waals surface area contributed by atoms with Crippen LogP contribution in [0.2, 0.25) is 0 Å². The van der Waals surface area contributed by atoms with Crippen LogP contribution in [0.15, 0.2) is 36.7 Å². The molecular formula is C15H18N2O2. The molecule has 1 aromatic carbocycles. The minimum atomic E-state index is 0.698. The lowest BCUT2D eigenvalue weighted by Gasteiger charge is -2.13. The highest BCUT2D eigenvalue weighted by Crippen LogP contribution is 2.29. The van der Waals surface area contributed by atoms with Gasteiger partial charge in [0, 0.05) is 25.0 Å². The van der Waals surface area contributed by atoms with Gasteiger partial charge in [0.25, 0.3) is 0 Å². The van der Waals surface area contributed by atoms with Gasteiger partial charge in [-0.2, -0.15) is 0 Å². The van der Waals surface area contributed by atoms with Crippen molar-refractivity contribution in [3.63, 3.8) is 0 Å². The summed E-state index contributed by atoms with van der Waals surface area (Å²) in [7, 11) is 3.30. The molecular weight excluding hydrogens is 240 g/mol. The molecule has 0 saturated carbocycles. The van der Waals surface area contributed by atoms with Crippen LogP contribution in [0.3, 0.4) is 0 Å². The molecule has 1 heterocycles. The van der Waals surface area contributed by atoms with Gasteiger partial charge in [0.05, 0.1) is 19.9 Å². The molecule has 0 saturated heterocycles. The fourth-order valence-corrected chi connectivity index (χ4v) is 1.82. The average molecular weight is 258 g/mol. The third-order valence-electron chi connectivity index (χ3n) is 3.02. The third-order valence-corrected chi connectivity index (χ3v) is 3.02. The number of methoxy groups -OCH3 is 2. The number of aromatic nitrogens is 1. The summed E-state index contributed by atoms with van der Waals surface area (Å²) < 4.78 is 10.6. The molecule has 1 N–H and O–H groups in total. The molecule has 0 fully saturated rings. The highest BCUT2D eigenvalue weighted by Gasteiger charge is 2.05. The molecule has 0 radical (unpaired) electrons. The van der Waals surface area contributed by atoms with Crippen LogP contribution < -0.4 is 14.8 Å². The van der Waals surface area contributed by atoms with Gasteiger partial charge < -0.3 is 14.8 Å². The maximum Gasteiger partial charge on any atom is 0.142 e. The van der Waals surface area contributed by atoms with Crippen LogP contribution in [-0.4, -0.2) is 19.2 Å². The van der Waals surface area contributed by atoms with Gasteiger partial charge in [0.1, 0.15) is 11.5 Å². The number of anilines is 1. The summed E-state index contributed by atoms with van der Waals surface area (Å²) in [6, 6.07) is 7.68. The zero-order chi connectivity index (χ0) is 13.7. The number of nitrogens with one attached hydrogen (secondary N) is 1. The van der Waals surface area contributed by atoms with E-state index in [1.807, 2.05) is 30.5 Å². The van der Waals surface area contributed by atoms with Crippen LogP contribution in [0, 0.1) is 6.92 Å². The number of nitrogens with zero attached hydrogens (tertiary/aromatic N) is 1. The second-order valence-electron chi connectivity index (χ2n) is 4.22. The van der Waals surface area contributed by atoms with Gasteiger partial charge in [0.2, 0.25) is 0 Å². The number of pyridine rings is 1. The molecule has 0 aliphatic carbocycles. The number of benzene rings is 1. The van der Waals surface area contributed by atoms with E-state index in [9.17, 15) is 0 Å². The van der Waals surface area contributed by atoms with Crippen LogP contribution in [0.5, 0.6) is 11.5 Å². The molecule has 2 rings (SSSR count). The van der Waals surface area contributed by atoms with E-state index >= 15 is 0 Å². The number of ether oxygens (including phenoxy) is 2.